The normalized spacial score (nSPS) is 23.4. The second kappa shape index (κ2) is 5.99. The number of nitrogens with one attached hydrogen (secondary N) is 1. The van der Waals surface area contributed by atoms with E-state index in [1.54, 1.807) is 13.3 Å². The summed E-state index contributed by atoms with van der Waals surface area (Å²) in [7, 11) is 1.62. The van der Waals surface area contributed by atoms with Crippen LogP contribution in [0.15, 0.2) is 18.3 Å². The first kappa shape index (κ1) is 14.3. The summed E-state index contributed by atoms with van der Waals surface area (Å²) in [6, 6.07) is 0. The van der Waals surface area contributed by atoms with E-state index < -0.39 is 0 Å². The summed E-state index contributed by atoms with van der Waals surface area (Å²) in [5.74, 6) is 2.63. The van der Waals surface area contributed by atoms with E-state index in [0.29, 0.717) is 37.2 Å². The molecule has 0 aromatic carbocycles. The van der Waals surface area contributed by atoms with Crippen molar-refractivity contribution in [2.45, 2.75) is 30.7 Å². The Morgan fingerprint density at radius 3 is 2.95 bits per heavy atom. The zero-order valence-corrected chi connectivity index (χ0v) is 12.3. The van der Waals surface area contributed by atoms with E-state index in [1.807, 2.05) is 0 Å². The van der Waals surface area contributed by atoms with Crippen molar-refractivity contribution >= 4 is 5.82 Å². The molecule has 2 heterocycles. The molecule has 3 rings (SSSR count). The Balaban J connectivity index is 1.74. The van der Waals surface area contributed by atoms with Gasteiger partial charge in [-0.25, -0.2) is 9.97 Å². The van der Waals surface area contributed by atoms with Crippen LogP contribution in [-0.4, -0.2) is 42.4 Å². The van der Waals surface area contributed by atoms with Crippen LogP contribution in [0.25, 0.3) is 0 Å². The molecule has 1 aromatic rings. The summed E-state index contributed by atoms with van der Waals surface area (Å²) >= 11 is 0. The van der Waals surface area contributed by atoms with Gasteiger partial charge in [0.25, 0.3) is 0 Å². The molecule has 0 saturated carbocycles. The highest BCUT2D eigenvalue weighted by molar-refractivity contribution is 5.49. The lowest BCUT2D eigenvalue weighted by Crippen LogP contribution is -2.61. The van der Waals surface area contributed by atoms with E-state index >= 15 is 0 Å². The highest BCUT2D eigenvalue weighted by Gasteiger charge is 2.34. The predicted molar refractivity (Wildman–Crippen MR) is 80.5 cm³/mol. The molecule has 6 heteroatoms. The van der Waals surface area contributed by atoms with Gasteiger partial charge in [-0.05, 0) is 19.3 Å². The van der Waals surface area contributed by atoms with Gasteiger partial charge in [0.1, 0.15) is 5.82 Å². The summed E-state index contributed by atoms with van der Waals surface area (Å²) in [4.78, 5) is 9.10. The largest absolute Gasteiger partial charge is 0.491 e. The van der Waals surface area contributed by atoms with Crippen molar-refractivity contribution in [3.05, 3.63) is 24.2 Å². The minimum absolute atomic E-state index is 0.302. The maximum atomic E-state index is 6.14. The first-order chi connectivity index (χ1) is 10.2. The second-order valence-electron chi connectivity index (χ2n) is 5.84. The molecule has 1 fully saturated rings. The molecule has 1 unspecified atom stereocenters. The molecule has 114 valence electrons. The molecule has 0 bridgehead atoms. The number of methoxy groups -OCH3 is 1. The lowest BCUT2D eigenvalue weighted by Gasteiger charge is -2.37. The zero-order chi connectivity index (χ0) is 14.7. The van der Waals surface area contributed by atoms with E-state index in [4.69, 9.17) is 15.2 Å². The van der Waals surface area contributed by atoms with Crippen LogP contribution >= 0.6 is 0 Å². The quantitative estimate of drug-likeness (QED) is 0.799. The number of nitrogens with zero attached hydrogens (tertiary/aromatic N) is 2. The van der Waals surface area contributed by atoms with Gasteiger partial charge < -0.3 is 20.5 Å². The number of rotatable bonds is 5. The van der Waals surface area contributed by atoms with Crippen molar-refractivity contribution in [1.29, 1.82) is 0 Å². The maximum absolute atomic E-state index is 6.14. The monoisotopic (exact) mass is 290 g/mol. The van der Waals surface area contributed by atoms with E-state index in [0.717, 1.165) is 25.1 Å². The van der Waals surface area contributed by atoms with Crippen LogP contribution in [-0.2, 0) is 4.74 Å². The third-order valence-electron chi connectivity index (χ3n) is 4.01. The SMILES string of the molecule is COc1cnc(C2CC=CCC2)nc1NCC1(N)COC1. The highest BCUT2D eigenvalue weighted by atomic mass is 16.5. The predicted octanol–water partition coefficient (Wildman–Crippen LogP) is 1.45. The van der Waals surface area contributed by atoms with E-state index in [1.165, 1.54) is 0 Å². The molecule has 1 aliphatic heterocycles. The summed E-state index contributed by atoms with van der Waals surface area (Å²) in [6.07, 6.45) is 9.34. The molecule has 3 N–H and O–H groups in total. The molecule has 2 aliphatic rings. The van der Waals surface area contributed by atoms with Crippen LogP contribution in [0.2, 0.25) is 0 Å². The molecule has 1 aliphatic carbocycles. The average Bonchev–Trinajstić information content (AvgIpc) is 2.51. The van der Waals surface area contributed by atoms with E-state index in [-0.39, 0.29) is 5.54 Å². The first-order valence-electron chi connectivity index (χ1n) is 7.37. The van der Waals surface area contributed by atoms with Crippen molar-refractivity contribution in [3.8, 4) is 5.75 Å². The van der Waals surface area contributed by atoms with E-state index in [9.17, 15) is 0 Å². The highest BCUT2D eigenvalue weighted by Crippen LogP contribution is 2.30. The fourth-order valence-electron chi connectivity index (χ4n) is 2.61. The molecule has 6 nitrogen and oxygen atoms in total. The average molecular weight is 290 g/mol. The maximum Gasteiger partial charge on any atom is 0.179 e. The Bertz CT molecular complexity index is 528. The van der Waals surface area contributed by atoms with Gasteiger partial charge in [-0.15, -0.1) is 0 Å². The van der Waals surface area contributed by atoms with E-state index in [2.05, 4.69) is 27.4 Å². The molecule has 21 heavy (non-hydrogen) atoms. The third kappa shape index (κ3) is 3.16. The van der Waals surface area contributed by atoms with Gasteiger partial charge in [0.15, 0.2) is 11.6 Å². The molecule has 0 amide bonds. The molecule has 1 aromatic heterocycles. The minimum Gasteiger partial charge on any atom is -0.491 e. The Morgan fingerprint density at radius 1 is 1.48 bits per heavy atom. The lowest BCUT2D eigenvalue weighted by atomic mass is 9.94. The fraction of sp³-hybridized carbons (Fsp3) is 0.600. The van der Waals surface area contributed by atoms with Crippen molar-refractivity contribution in [3.63, 3.8) is 0 Å². The molecular weight excluding hydrogens is 268 g/mol. The topological polar surface area (TPSA) is 82.3 Å². The smallest absolute Gasteiger partial charge is 0.179 e. The van der Waals surface area contributed by atoms with Gasteiger partial charge in [-0.2, -0.15) is 0 Å². The van der Waals surface area contributed by atoms with Crippen LogP contribution in [0.1, 0.15) is 31.0 Å². The molecule has 1 saturated heterocycles. The summed E-state index contributed by atoms with van der Waals surface area (Å²) < 4.78 is 10.5. The van der Waals surface area contributed by atoms with Crippen LogP contribution in [0.5, 0.6) is 5.75 Å². The van der Waals surface area contributed by atoms with Crippen molar-refractivity contribution in [2.75, 3.05) is 32.2 Å². The first-order valence-corrected chi connectivity index (χ1v) is 7.37. The fourth-order valence-corrected chi connectivity index (χ4v) is 2.61. The van der Waals surface area contributed by atoms with Crippen molar-refractivity contribution < 1.29 is 9.47 Å². The van der Waals surface area contributed by atoms with Crippen LogP contribution in [0.3, 0.4) is 0 Å². The Kier molecular flexibility index (Phi) is 4.07. The number of ether oxygens (including phenoxy) is 2. The number of nitrogens with two attached hydrogens (primary N) is 1. The molecular formula is C15H22N4O2. The number of aromatic nitrogens is 2. The van der Waals surface area contributed by atoms with Gasteiger partial charge in [-0.3, -0.25) is 0 Å². The Morgan fingerprint density at radius 2 is 2.33 bits per heavy atom. The minimum atomic E-state index is -0.302. The third-order valence-corrected chi connectivity index (χ3v) is 4.01. The van der Waals surface area contributed by atoms with Gasteiger partial charge >= 0.3 is 0 Å². The van der Waals surface area contributed by atoms with Crippen molar-refractivity contribution in [1.82, 2.24) is 9.97 Å². The Hall–Kier alpha value is -1.66. The van der Waals surface area contributed by atoms with Gasteiger partial charge in [0, 0.05) is 12.5 Å². The number of hydrogen-bond acceptors (Lipinski definition) is 6. The Labute approximate surface area is 124 Å². The van der Waals surface area contributed by atoms with Crippen LogP contribution in [0, 0.1) is 0 Å². The number of anilines is 1. The van der Waals surface area contributed by atoms with Gasteiger partial charge in [0.05, 0.1) is 32.1 Å². The van der Waals surface area contributed by atoms with Gasteiger partial charge in [0.2, 0.25) is 0 Å². The van der Waals surface area contributed by atoms with Gasteiger partial charge in [-0.1, -0.05) is 12.2 Å². The van der Waals surface area contributed by atoms with Crippen molar-refractivity contribution in [2.24, 2.45) is 5.73 Å². The number of hydrogen-bond donors (Lipinski definition) is 2. The standard InChI is InChI=1S/C15H22N4O2/c1-20-12-7-17-13(11-5-3-2-4-6-11)19-14(12)18-8-15(16)9-21-10-15/h2-3,7,11H,4-6,8-10,16H2,1H3,(H,17,18,19). The lowest BCUT2D eigenvalue weighted by molar-refractivity contribution is -0.0462. The van der Waals surface area contributed by atoms with Crippen LogP contribution in [0.4, 0.5) is 5.82 Å². The summed E-state index contributed by atoms with van der Waals surface area (Å²) in [6.45, 7) is 1.77. The zero-order valence-electron chi connectivity index (χ0n) is 12.3. The van der Waals surface area contributed by atoms with Crippen LogP contribution < -0.4 is 15.8 Å². The molecule has 0 spiro atoms. The number of allylic oxidation sites excluding steroid dienone is 2. The summed E-state index contributed by atoms with van der Waals surface area (Å²) in [5.41, 5.74) is 5.84. The summed E-state index contributed by atoms with van der Waals surface area (Å²) in [5, 5.41) is 3.29. The second-order valence-corrected chi connectivity index (χ2v) is 5.84. The molecule has 1 atom stereocenters. The molecule has 0 radical (unpaired) electrons.